The lowest BCUT2D eigenvalue weighted by Gasteiger charge is -2.37. The molecule has 2 rings (SSSR count). The first kappa shape index (κ1) is 13.4. The molecule has 0 aromatic carbocycles. The highest BCUT2D eigenvalue weighted by Crippen LogP contribution is 2.35. The fourth-order valence-electron chi connectivity index (χ4n) is 3.70. The summed E-state index contributed by atoms with van der Waals surface area (Å²) in [6, 6.07) is 2.20. The van der Waals surface area contributed by atoms with Gasteiger partial charge in [-0.15, -0.1) is 0 Å². The van der Waals surface area contributed by atoms with Crippen LogP contribution in [0.5, 0.6) is 0 Å². The van der Waals surface area contributed by atoms with Gasteiger partial charge in [0, 0.05) is 18.1 Å². The van der Waals surface area contributed by atoms with Crippen LogP contribution in [0, 0.1) is 5.41 Å². The molecule has 3 unspecified atom stereocenters. The van der Waals surface area contributed by atoms with E-state index < -0.39 is 0 Å². The van der Waals surface area contributed by atoms with Gasteiger partial charge in [0.25, 0.3) is 0 Å². The second-order valence-corrected chi connectivity index (χ2v) is 7.05. The SMILES string of the molecule is CC(CC1CCCN1)NC1CCCC(C)(C)C1. The third-order valence-corrected chi connectivity index (χ3v) is 4.53. The monoisotopic (exact) mass is 238 g/mol. The fourth-order valence-corrected chi connectivity index (χ4v) is 3.70. The van der Waals surface area contributed by atoms with Crippen LogP contribution in [-0.4, -0.2) is 24.7 Å². The minimum atomic E-state index is 0.557. The average Bonchev–Trinajstić information content (AvgIpc) is 2.68. The van der Waals surface area contributed by atoms with Crippen LogP contribution in [0.4, 0.5) is 0 Å². The molecule has 1 heterocycles. The van der Waals surface area contributed by atoms with Crippen molar-refractivity contribution < 1.29 is 0 Å². The molecule has 1 aliphatic carbocycles. The fraction of sp³-hybridized carbons (Fsp3) is 1.00. The summed E-state index contributed by atoms with van der Waals surface area (Å²) in [4.78, 5) is 0. The van der Waals surface area contributed by atoms with Crippen molar-refractivity contribution in [1.29, 1.82) is 0 Å². The van der Waals surface area contributed by atoms with Gasteiger partial charge in [-0.3, -0.25) is 0 Å². The quantitative estimate of drug-likeness (QED) is 0.786. The molecule has 1 aliphatic heterocycles. The van der Waals surface area contributed by atoms with Gasteiger partial charge in [-0.05, 0) is 57.4 Å². The van der Waals surface area contributed by atoms with Gasteiger partial charge in [-0.1, -0.05) is 20.3 Å². The zero-order valence-electron chi connectivity index (χ0n) is 11.9. The minimum absolute atomic E-state index is 0.557. The van der Waals surface area contributed by atoms with E-state index in [1.165, 1.54) is 51.5 Å². The Kier molecular flexibility index (Phi) is 4.48. The molecule has 0 radical (unpaired) electrons. The first-order chi connectivity index (χ1) is 8.05. The molecule has 2 aliphatic rings. The molecule has 1 saturated carbocycles. The van der Waals surface area contributed by atoms with Crippen molar-refractivity contribution in [1.82, 2.24) is 10.6 Å². The molecule has 2 N–H and O–H groups in total. The van der Waals surface area contributed by atoms with E-state index in [-0.39, 0.29) is 0 Å². The van der Waals surface area contributed by atoms with Gasteiger partial charge in [0.05, 0.1) is 0 Å². The molecule has 2 nitrogen and oxygen atoms in total. The molecule has 1 saturated heterocycles. The van der Waals surface area contributed by atoms with Crippen molar-refractivity contribution in [3.63, 3.8) is 0 Å². The highest BCUT2D eigenvalue weighted by molar-refractivity contribution is 4.86. The predicted octanol–water partition coefficient (Wildman–Crippen LogP) is 3.08. The number of nitrogens with one attached hydrogen (secondary N) is 2. The Morgan fingerprint density at radius 1 is 1.29 bits per heavy atom. The summed E-state index contributed by atoms with van der Waals surface area (Å²) in [5, 5.41) is 7.46. The summed E-state index contributed by atoms with van der Waals surface area (Å²) < 4.78 is 0. The largest absolute Gasteiger partial charge is 0.314 e. The van der Waals surface area contributed by atoms with E-state index in [1.807, 2.05) is 0 Å². The summed E-state index contributed by atoms with van der Waals surface area (Å²) in [6.45, 7) is 8.43. The van der Waals surface area contributed by atoms with Crippen molar-refractivity contribution in [3.8, 4) is 0 Å². The first-order valence-electron chi connectivity index (χ1n) is 7.55. The number of hydrogen-bond donors (Lipinski definition) is 2. The second kappa shape index (κ2) is 5.71. The van der Waals surface area contributed by atoms with Gasteiger partial charge in [-0.2, -0.15) is 0 Å². The zero-order valence-corrected chi connectivity index (χ0v) is 11.9. The van der Waals surface area contributed by atoms with Crippen LogP contribution < -0.4 is 10.6 Å². The number of rotatable bonds is 4. The van der Waals surface area contributed by atoms with Gasteiger partial charge >= 0.3 is 0 Å². The molecule has 2 heteroatoms. The molecule has 0 spiro atoms. The molecule has 100 valence electrons. The lowest BCUT2D eigenvalue weighted by Crippen LogP contribution is -2.43. The lowest BCUT2D eigenvalue weighted by atomic mass is 9.75. The van der Waals surface area contributed by atoms with E-state index in [9.17, 15) is 0 Å². The van der Waals surface area contributed by atoms with E-state index in [4.69, 9.17) is 0 Å². The summed E-state index contributed by atoms with van der Waals surface area (Å²) in [7, 11) is 0. The van der Waals surface area contributed by atoms with Crippen LogP contribution in [0.1, 0.15) is 65.7 Å². The maximum Gasteiger partial charge on any atom is 0.00822 e. The Balaban J connectivity index is 1.72. The molecule has 2 fully saturated rings. The number of hydrogen-bond acceptors (Lipinski definition) is 2. The molecule has 0 aromatic rings. The Morgan fingerprint density at radius 2 is 2.12 bits per heavy atom. The maximum atomic E-state index is 3.86. The molecule has 0 aromatic heterocycles. The third kappa shape index (κ3) is 4.26. The Hall–Kier alpha value is -0.0800. The van der Waals surface area contributed by atoms with E-state index in [0.29, 0.717) is 11.5 Å². The van der Waals surface area contributed by atoms with Crippen molar-refractivity contribution in [2.45, 2.75) is 83.8 Å². The van der Waals surface area contributed by atoms with Crippen LogP contribution in [-0.2, 0) is 0 Å². The van der Waals surface area contributed by atoms with E-state index >= 15 is 0 Å². The lowest BCUT2D eigenvalue weighted by molar-refractivity contribution is 0.187. The Morgan fingerprint density at radius 3 is 2.76 bits per heavy atom. The summed E-state index contributed by atoms with van der Waals surface area (Å²) in [6.07, 6.45) is 9.59. The molecular formula is C15H30N2. The van der Waals surface area contributed by atoms with E-state index in [2.05, 4.69) is 31.4 Å². The van der Waals surface area contributed by atoms with Crippen LogP contribution >= 0.6 is 0 Å². The van der Waals surface area contributed by atoms with Crippen LogP contribution in [0.25, 0.3) is 0 Å². The first-order valence-corrected chi connectivity index (χ1v) is 7.55. The van der Waals surface area contributed by atoms with Crippen molar-refractivity contribution in [2.75, 3.05) is 6.54 Å². The third-order valence-electron chi connectivity index (χ3n) is 4.53. The standard InChI is InChI=1S/C15H30N2/c1-12(10-13-7-5-9-16-13)17-14-6-4-8-15(2,3)11-14/h12-14,16-17H,4-11H2,1-3H3. The molecular weight excluding hydrogens is 208 g/mol. The van der Waals surface area contributed by atoms with Crippen molar-refractivity contribution in [2.24, 2.45) is 5.41 Å². The van der Waals surface area contributed by atoms with Gasteiger partial charge in [0.15, 0.2) is 0 Å². The Bertz CT molecular complexity index is 231. The summed E-state index contributed by atoms with van der Waals surface area (Å²) in [5.41, 5.74) is 0.557. The van der Waals surface area contributed by atoms with Gasteiger partial charge in [0.2, 0.25) is 0 Å². The molecule has 0 amide bonds. The predicted molar refractivity (Wildman–Crippen MR) is 74.3 cm³/mol. The van der Waals surface area contributed by atoms with Gasteiger partial charge in [-0.25, -0.2) is 0 Å². The highest BCUT2D eigenvalue weighted by atomic mass is 15.0. The second-order valence-electron chi connectivity index (χ2n) is 7.05. The van der Waals surface area contributed by atoms with Crippen LogP contribution in [0.2, 0.25) is 0 Å². The Labute approximate surface area is 107 Å². The molecule has 17 heavy (non-hydrogen) atoms. The van der Waals surface area contributed by atoms with E-state index in [1.54, 1.807) is 0 Å². The normalized spacial score (nSPS) is 34.8. The van der Waals surface area contributed by atoms with Crippen molar-refractivity contribution >= 4 is 0 Å². The topological polar surface area (TPSA) is 24.1 Å². The van der Waals surface area contributed by atoms with Gasteiger partial charge < -0.3 is 10.6 Å². The molecule has 3 atom stereocenters. The van der Waals surface area contributed by atoms with Crippen LogP contribution in [0.3, 0.4) is 0 Å². The highest BCUT2D eigenvalue weighted by Gasteiger charge is 2.29. The maximum absolute atomic E-state index is 3.86. The smallest absolute Gasteiger partial charge is 0.00822 e. The minimum Gasteiger partial charge on any atom is -0.314 e. The zero-order chi connectivity index (χ0) is 12.3. The summed E-state index contributed by atoms with van der Waals surface area (Å²) in [5.74, 6) is 0. The van der Waals surface area contributed by atoms with Crippen LogP contribution in [0.15, 0.2) is 0 Å². The van der Waals surface area contributed by atoms with Crippen molar-refractivity contribution in [3.05, 3.63) is 0 Å². The van der Waals surface area contributed by atoms with E-state index in [0.717, 1.165) is 12.1 Å². The molecule has 0 bridgehead atoms. The average molecular weight is 238 g/mol. The van der Waals surface area contributed by atoms with Gasteiger partial charge in [0.1, 0.15) is 0 Å². The summed E-state index contributed by atoms with van der Waals surface area (Å²) >= 11 is 0.